The summed E-state index contributed by atoms with van der Waals surface area (Å²) in [5.41, 5.74) is 2.21. The van der Waals surface area contributed by atoms with Gasteiger partial charge in [-0.25, -0.2) is 0 Å². The lowest BCUT2D eigenvalue weighted by Crippen LogP contribution is -2.36. The van der Waals surface area contributed by atoms with Gasteiger partial charge in [0.15, 0.2) is 0 Å². The zero-order chi connectivity index (χ0) is 15.4. The Labute approximate surface area is 132 Å². The number of carbonyl (C=O) groups excluding carboxylic acids is 1. The second kappa shape index (κ2) is 6.97. The first-order valence-electron chi connectivity index (χ1n) is 8.33. The Kier molecular flexibility index (Phi) is 4.78. The van der Waals surface area contributed by atoms with E-state index in [1.165, 1.54) is 11.8 Å². The number of aromatic amines is 1. The van der Waals surface area contributed by atoms with Crippen LogP contribution in [0.4, 0.5) is 0 Å². The largest absolute Gasteiger partial charge is 0.361 e. The molecule has 118 valence electrons. The van der Waals surface area contributed by atoms with Gasteiger partial charge in [-0.1, -0.05) is 25.1 Å². The van der Waals surface area contributed by atoms with Gasteiger partial charge in [-0.3, -0.25) is 4.79 Å². The van der Waals surface area contributed by atoms with Crippen molar-refractivity contribution in [3.8, 4) is 0 Å². The summed E-state index contributed by atoms with van der Waals surface area (Å²) in [4.78, 5) is 20.4. The van der Waals surface area contributed by atoms with E-state index in [9.17, 15) is 4.79 Å². The minimum atomic E-state index is 0.253. The lowest BCUT2D eigenvalue weighted by atomic mass is 10.1. The van der Waals surface area contributed by atoms with Crippen LogP contribution in [-0.2, 0) is 11.2 Å². The molecule has 1 aliphatic heterocycles. The first kappa shape index (κ1) is 15.1. The fraction of sp³-hybridized carbons (Fsp3) is 0.500. The average Bonchev–Trinajstić information content (AvgIpc) is 2.78. The number of aromatic nitrogens is 1. The number of hydrogen-bond acceptors (Lipinski definition) is 2. The molecule has 1 N–H and O–H groups in total. The topological polar surface area (TPSA) is 39.3 Å². The number of rotatable bonds is 4. The number of amides is 1. The molecule has 0 aliphatic carbocycles. The molecule has 0 spiro atoms. The fourth-order valence-corrected chi connectivity index (χ4v) is 3.31. The Morgan fingerprint density at radius 2 is 2.05 bits per heavy atom. The van der Waals surface area contributed by atoms with Crippen LogP contribution in [0.25, 0.3) is 10.9 Å². The third-order valence-corrected chi connectivity index (χ3v) is 4.50. The minimum Gasteiger partial charge on any atom is -0.361 e. The van der Waals surface area contributed by atoms with Gasteiger partial charge in [0.25, 0.3) is 0 Å². The van der Waals surface area contributed by atoms with Crippen molar-refractivity contribution in [1.82, 2.24) is 14.8 Å². The number of fused-ring (bicyclic) bond motifs is 1. The maximum Gasteiger partial charge on any atom is 0.227 e. The Hall–Kier alpha value is -1.81. The highest BCUT2D eigenvalue weighted by atomic mass is 16.2. The SMILES string of the molecule is CCCN1CCCN(C(=O)Cc2c[nH]c3ccccc23)CC1. The molecule has 2 aromatic rings. The number of benzene rings is 1. The number of hydrogen-bond donors (Lipinski definition) is 1. The van der Waals surface area contributed by atoms with Crippen molar-refractivity contribution in [2.24, 2.45) is 0 Å². The summed E-state index contributed by atoms with van der Waals surface area (Å²) in [6.07, 6.45) is 4.74. The van der Waals surface area contributed by atoms with Crippen molar-refractivity contribution in [1.29, 1.82) is 0 Å². The van der Waals surface area contributed by atoms with E-state index in [2.05, 4.69) is 28.9 Å². The van der Waals surface area contributed by atoms with E-state index in [-0.39, 0.29) is 5.91 Å². The van der Waals surface area contributed by atoms with Crippen molar-refractivity contribution >= 4 is 16.8 Å². The Balaban J connectivity index is 1.64. The predicted octanol–water partition coefficient (Wildman–Crippen LogP) is 2.65. The summed E-state index contributed by atoms with van der Waals surface area (Å²) in [7, 11) is 0. The molecule has 1 saturated heterocycles. The molecule has 1 aromatic carbocycles. The van der Waals surface area contributed by atoms with Crippen molar-refractivity contribution in [3.05, 3.63) is 36.0 Å². The number of para-hydroxylation sites is 1. The maximum atomic E-state index is 12.6. The first-order chi connectivity index (χ1) is 10.8. The minimum absolute atomic E-state index is 0.253. The molecule has 0 atom stereocenters. The normalized spacial score (nSPS) is 16.9. The summed E-state index contributed by atoms with van der Waals surface area (Å²) in [6.45, 7) is 7.23. The third kappa shape index (κ3) is 3.33. The summed E-state index contributed by atoms with van der Waals surface area (Å²) in [6, 6.07) is 8.18. The van der Waals surface area contributed by atoms with Gasteiger partial charge < -0.3 is 14.8 Å². The van der Waals surface area contributed by atoms with Crippen LogP contribution in [-0.4, -0.2) is 53.4 Å². The zero-order valence-corrected chi connectivity index (χ0v) is 13.3. The van der Waals surface area contributed by atoms with E-state index in [0.29, 0.717) is 6.42 Å². The molecule has 2 heterocycles. The Morgan fingerprint density at radius 1 is 1.18 bits per heavy atom. The molecule has 0 bridgehead atoms. The summed E-state index contributed by atoms with van der Waals surface area (Å²) < 4.78 is 0. The molecular formula is C18H25N3O. The van der Waals surface area contributed by atoms with E-state index in [0.717, 1.165) is 50.2 Å². The van der Waals surface area contributed by atoms with Gasteiger partial charge in [0, 0.05) is 36.7 Å². The molecule has 4 heteroatoms. The van der Waals surface area contributed by atoms with Crippen molar-refractivity contribution in [3.63, 3.8) is 0 Å². The van der Waals surface area contributed by atoms with E-state index in [4.69, 9.17) is 0 Å². The molecule has 22 heavy (non-hydrogen) atoms. The van der Waals surface area contributed by atoms with Crippen LogP contribution >= 0.6 is 0 Å². The molecule has 1 aliphatic rings. The molecule has 3 rings (SSSR count). The molecule has 1 aromatic heterocycles. The van der Waals surface area contributed by atoms with Crippen LogP contribution in [0, 0.1) is 0 Å². The van der Waals surface area contributed by atoms with Gasteiger partial charge in [-0.2, -0.15) is 0 Å². The van der Waals surface area contributed by atoms with Crippen molar-refractivity contribution in [2.45, 2.75) is 26.2 Å². The van der Waals surface area contributed by atoms with Gasteiger partial charge in [0.2, 0.25) is 5.91 Å². The number of nitrogens with zero attached hydrogens (tertiary/aromatic N) is 2. The van der Waals surface area contributed by atoms with E-state index < -0.39 is 0 Å². The second-order valence-electron chi connectivity index (χ2n) is 6.11. The summed E-state index contributed by atoms with van der Waals surface area (Å²) in [5.74, 6) is 0.253. The summed E-state index contributed by atoms with van der Waals surface area (Å²) >= 11 is 0. The highest BCUT2D eigenvalue weighted by Crippen LogP contribution is 2.19. The van der Waals surface area contributed by atoms with E-state index >= 15 is 0 Å². The van der Waals surface area contributed by atoms with Gasteiger partial charge >= 0.3 is 0 Å². The lowest BCUT2D eigenvalue weighted by Gasteiger charge is -2.21. The summed E-state index contributed by atoms with van der Waals surface area (Å²) in [5, 5.41) is 1.17. The third-order valence-electron chi connectivity index (χ3n) is 4.50. The van der Waals surface area contributed by atoms with Crippen LogP contribution in [0.3, 0.4) is 0 Å². The van der Waals surface area contributed by atoms with Crippen LogP contribution in [0.5, 0.6) is 0 Å². The fourth-order valence-electron chi connectivity index (χ4n) is 3.31. The van der Waals surface area contributed by atoms with Crippen LogP contribution < -0.4 is 0 Å². The van der Waals surface area contributed by atoms with E-state index in [1.807, 2.05) is 23.2 Å². The molecule has 1 amide bonds. The molecule has 0 saturated carbocycles. The zero-order valence-electron chi connectivity index (χ0n) is 13.3. The quantitative estimate of drug-likeness (QED) is 0.942. The maximum absolute atomic E-state index is 12.6. The van der Waals surface area contributed by atoms with Gasteiger partial charge in [0.1, 0.15) is 0 Å². The molecule has 1 fully saturated rings. The predicted molar refractivity (Wildman–Crippen MR) is 89.9 cm³/mol. The van der Waals surface area contributed by atoms with Crippen LogP contribution in [0.2, 0.25) is 0 Å². The molecule has 0 unspecified atom stereocenters. The Bertz CT molecular complexity index is 634. The van der Waals surface area contributed by atoms with Crippen molar-refractivity contribution < 1.29 is 4.79 Å². The molecule has 4 nitrogen and oxygen atoms in total. The van der Waals surface area contributed by atoms with Gasteiger partial charge in [-0.15, -0.1) is 0 Å². The second-order valence-corrected chi connectivity index (χ2v) is 6.11. The highest BCUT2D eigenvalue weighted by molar-refractivity contribution is 5.88. The lowest BCUT2D eigenvalue weighted by molar-refractivity contribution is -0.130. The highest BCUT2D eigenvalue weighted by Gasteiger charge is 2.19. The van der Waals surface area contributed by atoms with E-state index in [1.54, 1.807) is 0 Å². The van der Waals surface area contributed by atoms with Crippen molar-refractivity contribution in [2.75, 3.05) is 32.7 Å². The van der Waals surface area contributed by atoms with Gasteiger partial charge in [0.05, 0.1) is 6.42 Å². The van der Waals surface area contributed by atoms with Crippen LogP contribution in [0.15, 0.2) is 30.5 Å². The number of nitrogens with one attached hydrogen (secondary N) is 1. The molecular weight excluding hydrogens is 274 g/mol. The average molecular weight is 299 g/mol. The monoisotopic (exact) mass is 299 g/mol. The molecule has 0 radical (unpaired) electrons. The number of carbonyl (C=O) groups is 1. The number of H-pyrrole nitrogens is 1. The standard InChI is InChI=1S/C18H25N3O/c1-2-8-20-9-5-10-21(12-11-20)18(22)13-15-14-19-17-7-4-3-6-16(15)17/h3-4,6-7,14,19H,2,5,8-13H2,1H3. The smallest absolute Gasteiger partial charge is 0.227 e. The van der Waals surface area contributed by atoms with Gasteiger partial charge in [-0.05, 0) is 37.6 Å². The first-order valence-corrected chi connectivity index (χ1v) is 8.33. The van der Waals surface area contributed by atoms with Crippen LogP contribution in [0.1, 0.15) is 25.3 Å². The Morgan fingerprint density at radius 3 is 2.91 bits per heavy atom.